The maximum atomic E-state index is 11.9. The third-order valence-electron chi connectivity index (χ3n) is 3.05. The van der Waals surface area contributed by atoms with Gasteiger partial charge in [0.15, 0.2) is 0 Å². The largest absolute Gasteiger partial charge is 0.328 e. The predicted octanol–water partition coefficient (Wildman–Crippen LogP) is 3.30. The number of anilines is 1. The number of amides is 2. The number of hydrogen-bond donors (Lipinski definition) is 1. The quantitative estimate of drug-likeness (QED) is 0.851. The van der Waals surface area contributed by atoms with E-state index in [-0.39, 0.29) is 6.03 Å². The average Bonchev–Trinajstić information content (AvgIpc) is 2.37. The summed E-state index contributed by atoms with van der Waals surface area (Å²) in [6.45, 7) is 6.88. The SMILES string of the molecule is CCc1cccc(CC)c1NC(=O)N(C)CC. The van der Waals surface area contributed by atoms with Crippen molar-refractivity contribution in [1.82, 2.24) is 4.90 Å². The molecule has 0 aromatic heterocycles. The minimum Gasteiger partial charge on any atom is -0.328 e. The van der Waals surface area contributed by atoms with E-state index < -0.39 is 0 Å². The molecular weight excluding hydrogens is 212 g/mol. The highest BCUT2D eigenvalue weighted by Gasteiger charge is 2.11. The van der Waals surface area contributed by atoms with Gasteiger partial charge in [0.2, 0.25) is 0 Å². The van der Waals surface area contributed by atoms with Crippen molar-refractivity contribution in [2.45, 2.75) is 33.6 Å². The van der Waals surface area contributed by atoms with Gasteiger partial charge in [-0.15, -0.1) is 0 Å². The van der Waals surface area contributed by atoms with Crippen molar-refractivity contribution in [2.75, 3.05) is 18.9 Å². The topological polar surface area (TPSA) is 32.3 Å². The van der Waals surface area contributed by atoms with Crippen LogP contribution in [0.3, 0.4) is 0 Å². The molecule has 0 bridgehead atoms. The minimum absolute atomic E-state index is 0.0388. The lowest BCUT2D eigenvalue weighted by Crippen LogP contribution is -2.31. The second-order valence-corrected chi connectivity index (χ2v) is 4.10. The molecule has 0 aliphatic rings. The minimum atomic E-state index is -0.0388. The van der Waals surface area contributed by atoms with Crippen LogP contribution in [0.15, 0.2) is 18.2 Å². The van der Waals surface area contributed by atoms with Gasteiger partial charge in [-0.1, -0.05) is 32.0 Å². The summed E-state index contributed by atoms with van der Waals surface area (Å²) in [6, 6.07) is 6.15. The molecule has 0 atom stereocenters. The van der Waals surface area contributed by atoms with Crippen LogP contribution in [-0.2, 0) is 12.8 Å². The third kappa shape index (κ3) is 3.22. The molecular formula is C14H22N2O. The summed E-state index contributed by atoms with van der Waals surface area (Å²) in [5.74, 6) is 0. The molecule has 0 heterocycles. The first-order valence-electron chi connectivity index (χ1n) is 6.26. The fourth-order valence-corrected chi connectivity index (χ4v) is 1.75. The van der Waals surface area contributed by atoms with Crippen molar-refractivity contribution in [2.24, 2.45) is 0 Å². The molecule has 1 aromatic carbocycles. The van der Waals surface area contributed by atoms with E-state index in [0.29, 0.717) is 6.54 Å². The lowest BCUT2D eigenvalue weighted by molar-refractivity contribution is 0.224. The first kappa shape index (κ1) is 13.6. The Balaban J connectivity index is 2.99. The van der Waals surface area contributed by atoms with Crippen LogP contribution in [0, 0.1) is 0 Å². The molecule has 1 N–H and O–H groups in total. The standard InChI is InChI=1S/C14H22N2O/c1-5-11-9-8-10-12(6-2)13(11)15-14(17)16(4)7-3/h8-10H,5-7H2,1-4H3,(H,15,17). The van der Waals surface area contributed by atoms with Gasteiger partial charge in [0.05, 0.1) is 0 Å². The summed E-state index contributed by atoms with van der Waals surface area (Å²) in [5, 5.41) is 3.02. The Labute approximate surface area is 104 Å². The molecule has 1 aromatic rings. The highest BCUT2D eigenvalue weighted by molar-refractivity contribution is 5.91. The fourth-order valence-electron chi connectivity index (χ4n) is 1.75. The zero-order chi connectivity index (χ0) is 12.8. The molecule has 2 amide bonds. The van der Waals surface area contributed by atoms with Crippen molar-refractivity contribution in [1.29, 1.82) is 0 Å². The number of rotatable bonds is 4. The Morgan fingerprint density at radius 1 is 1.18 bits per heavy atom. The van der Waals surface area contributed by atoms with Gasteiger partial charge >= 0.3 is 6.03 Å². The summed E-state index contributed by atoms with van der Waals surface area (Å²) in [5.41, 5.74) is 3.38. The predicted molar refractivity (Wildman–Crippen MR) is 72.5 cm³/mol. The van der Waals surface area contributed by atoms with E-state index >= 15 is 0 Å². The zero-order valence-electron chi connectivity index (χ0n) is 11.2. The number of carbonyl (C=O) groups is 1. The van der Waals surface area contributed by atoms with Crippen LogP contribution < -0.4 is 5.32 Å². The van der Waals surface area contributed by atoms with Gasteiger partial charge in [-0.05, 0) is 30.9 Å². The second kappa shape index (κ2) is 6.28. The molecule has 0 unspecified atom stereocenters. The number of para-hydroxylation sites is 1. The van der Waals surface area contributed by atoms with E-state index in [2.05, 4.69) is 37.4 Å². The van der Waals surface area contributed by atoms with E-state index in [1.54, 1.807) is 11.9 Å². The third-order valence-corrected chi connectivity index (χ3v) is 3.05. The van der Waals surface area contributed by atoms with Gasteiger partial charge < -0.3 is 10.2 Å². The first-order chi connectivity index (χ1) is 8.13. The van der Waals surface area contributed by atoms with E-state index in [1.165, 1.54) is 11.1 Å². The van der Waals surface area contributed by atoms with Crippen LogP contribution in [0.25, 0.3) is 0 Å². The molecule has 17 heavy (non-hydrogen) atoms. The number of aryl methyl sites for hydroxylation is 2. The Kier molecular flexibility index (Phi) is 5.01. The van der Waals surface area contributed by atoms with E-state index in [0.717, 1.165) is 18.5 Å². The van der Waals surface area contributed by atoms with Gasteiger partial charge in [-0.3, -0.25) is 0 Å². The van der Waals surface area contributed by atoms with Crippen molar-refractivity contribution in [3.8, 4) is 0 Å². The summed E-state index contributed by atoms with van der Waals surface area (Å²) in [4.78, 5) is 13.6. The van der Waals surface area contributed by atoms with Gasteiger partial charge in [0.1, 0.15) is 0 Å². The smallest absolute Gasteiger partial charge is 0.321 e. The lowest BCUT2D eigenvalue weighted by Gasteiger charge is -2.19. The van der Waals surface area contributed by atoms with Crippen molar-refractivity contribution in [3.05, 3.63) is 29.3 Å². The van der Waals surface area contributed by atoms with Crippen LogP contribution in [-0.4, -0.2) is 24.5 Å². The van der Waals surface area contributed by atoms with Gasteiger partial charge in [0, 0.05) is 19.3 Å². The molecule has 3 nitrogen and oxygen atoms in total. The highest BCUT2D eigenvalue weighted by Crippen LogP contribution is 2.22. The molecule has 0 aliphatic carbocycles. The number of hydrogen-bond acceptors (Lipinski definition) is 1. The van der Waals surface area contributed by atoms with Crippen molar-refractivity contribution < 1.29 is 4.79 Å². The van der Waals surface area contributed by atoms with Crippen LogP contribution >= 0.6 is 0 Å². The molecule has 0 fully saturated rings. The molecule has 3 heteroatoms. The zero-order valence-corrected chi connectivity index (χ0v) is 11.2. The normalized spacial score (nSPS) is 10.1. The van der Waals surface area contributed by atoms with E-state index in [1.807, 2.05) is 6.92 Å². The molecule has 1 rings (SSSR count). The van der Waals surface area contributed by atoms with Crippen LogP contribution in [0.5, 0.6) is 0 Å². The monoisotopic (exact) mass is 234 g/mol. The Bertz CT molecular complexity index is 366. The van der Waals surface area contributed by atoms with E-state index in [4.69, 9.17) is 0 Å². The molecule has 0 aliphatic heterocycles. The maximum Gasteiger partial charge on any atom is 0.321 e. The summed E-state index contributed by atoms with van der Waals surface area (Å²) < 4.78 is 0. The number of carbonyl (C=O) groups excluding carboxylic acids is 1. The van der Waals surface area contributed by atoms with Crippen molar-refractivity contribution in [3.63, 3.8) is 0 Å². The van der Waals surface area contributed by atoms with Crippen LogP contribution in [0.2, 0.25) is 0 Å². The Morgan fingerprint density at radius 2 is 1.71 bits per heavy atom. The molecule has 0 radical (unpaired) electrons. The highest BCUT2D eigenvalue weighted by atomic mass is 16.2. The van der Waals surface area contributed by atoms with Crippen molar-refractivity contribution >= 4 is 11.7 Å². The summed E-state index contributed by atoms with van der Waals surface area (Å²) in [7, 11) is 1.80. The first-order valence-corrected chi connectivity index (χ1v) is 6.26. The number of benzene rings is 1. The summed E-state index contributed by atoms with van der Waals surface area (Å²) in [6.07, 6.45) is 1.86. The molecule has 94 valence electrons. The van der Waals surface area contributed by atoms with Gasteiger partial charge in [0.25, 0.3) is 0 Å². The van der Waals surface area contributed by atoms with Crippen LogP contribution in [0.4, 0.5) is 10.5 Å². The lowest BCUT2D eigenvalue weighted by atomic mass is 10.0. The average molecular weight is 234 g/mol. The number of nitrogens with zero attached hydrogens (tertiary/aromatic N) is 1. The van der Waals surface area contributed by atoms with Crippen LogP contribution in [0.1, 0.15) is 31.9 Å². The molecule has 0 spiro atoms. The second-order valence-electron chi connectivity index (χ2n) is 4.10. The molecule has 0 saturated heterocycles. The van der Waals surface area contributed by atoms with Gasteiger partial charge in [-0.25, -0.2) is 4.79 Å². The Morgan fingerprint density at radius 3 is 2.12 bits per heavy atom. The summed E-state index contributed by atoms with van der Waals surface area (Å²) >= 11 is 0. The number of nitrogens with one attached hydrogen (secondary N) is 1. The van der Waals surface area contributed by atoms with Gasteiger partial charge in [-0.2, -0.15) is 0 Å². The fraction of sp³-hybridized carbons (Fsp3) is 0.500. The maximum absolute atomic E-state index is 11.9. The molecule has 0 saturated carbocycles. The Hall–Kier alpha value is -1.51. The van der Waals surface area contributed by atoms with E-state index in [9.17, 15) is 4.79 Å². The number of urea groups is 1.